The number of carbonyl (C=O) groups excluding carboxylic acids is 1. The first-order valence-corrected chi connectivity index (χ1v) is 12.2. The summed E-state index contributed by atoms with van der Waals surface area (Å²) >= 11 is 1.13. The van der Waals surface area contributed by atoms with Crippen molar-refractivity contribution >= 4 is 39.0 Å². The maximum Gasteiger partial charge on any atom is 0.522 e. The molecule has 5 N–H and O–H groups in total. The molecular weight excluding hydrogens is 500 g/mol. The number of aryl methyl sites for hydroxylation is 2. The van der Waals surface area contributed by atoms with Gasteiger partial charge in [-0.2, -0.15) is 0 Å². The molecular formula is C23H24F4N6O2S. The van der Waals surface area contributed by atoms with Gasteiger partial charge in [0.15, 0.2) is 0 Å². The largest absolute Gasteiger partial charge is 0.522 e. The number of nitrogens with zero attached hydrogens (tertiary/aromatic N) is 3. The summed E-state index contributed by atoms with van der Waals surface area (Å²) < 4.78 is 55.9. The third kappa shape index (κ3) is 4.82. The highest BCUT2D eigenvalue weighted by Crippen LogP contribution is 2.34. The minimum absolute atomic E-state index is 0.0000162. The van der Waals surface area contributed by atoms with Crippen LogP contribution in [0, 0.1) is 12.7 Å². The number of thiophene rings is 1. The van der Waals surface area contributed by atoms with Crippen LogP contribution in [0.15, 0.2) is 18.2 Å². The lowest BCUT2D eigenvalue weighted by Gasteiger charge is -2.26. The van der Waals surface area contributed by atoms with Gasteiger partial charge in [-0.05, 0) is 43.9 Å². The van der Waals surface area contributed by atoms with Crippen LogP contribution in [0.2, 0.25) is 0 Å². The maximum absolute atomic E-state index is 13.9. The summed E-state index contributed by atoms with van der Waals surface area (Å²) in [6, 6.07) is 3.99. The maximum atomic E-state index is 13.9. The van der Waals surface area contributed by atoms with Crippen LogP contribution in [-0.2, 0) is 17.6 Å². The summed E-state index contributed by atoms with van der Waals surface area (Å²) in [6.07, 6.45) is -4.13. The summed E-state index contributed by atoms with van der Waals surface area (Å²) in [4.78, 5) is 24.3. The Balaban J connectivity index is 1.26. The van der Waals surface area contributed by atoms with Crippen molar-refractivity contribution in [2.75, 3.05) is 23.7 Å². The highest BCUT2D eigenvalue weighted by Gasteiger charge is 2.41. The molecule has 0 spiro atoms. The van der Waals surface area contributed by atoms with Gasteiger partial charge in [0.1, 0.15) is 27.4 Å². The van der Waals surface area contributed by atoms with Crippen LogP contribution in [-0.4, -0.2) is 53.5 Å². The Labute approximate surface area is 207 Å². The van der Waals surface area contributed by atoms with Gasteiger partial charge in [0.2, 0.25) is 0 Å². The fourth-order valence-corrected chi connectivity index (χ4v) is 5.73. The van der Waals surface area contributed by atoms with E-state index in [1.807, 2.05) is 6.07 Å². The molecule has 1 aliphatic heterocycles. The fraction of sp³-hybridized carbons (Fsp3) is 0.435. The molecule has 0 aromatic carbocycles. The van der Waals surface area contributed by atoms with Gasteiger partial charge in [0, 0.05) is 30.2 Å². The molecule has 2 aliphatic rings. The SMILES string of the molecule is Cc1nc2sc(C(=O)NC3CCc4nc(N5CC(N)C(OC(F)(F)F)C5)ccc4C3)c(N)c2cc1F. The summed E-state index contributed by atoms with van der Waals surface area (Å²) in [5.74, 6) is -0.268. The third-order valence-corrected chi connectivity index (χ3v) is 7.67. The number of pyridine rings is 2. The van der Waals surface area contributed by atoms with Crippen molar-refractivity contribution in [1.82, 2.24) is 15.3 Å². The number of carbonyl (C=O) groups is 1. The van der Waals surface area contributed by atoms with E-state index in [-0.39, 0.29) is 36.4 Å². The number of hydrogen-bond donors (Lipinski definition) is 3. The Bertz CT molecular complexity index is 1330. The van der Waals surface area contributed by atoms with Crippen LogP contribution in [0.3, 0.4) is 0 Å². The van der Waals surface area contributed by atoms with Crippen LogP contribution < -0.4 is 21.7 Å². The topological polar surface area (TPSA) is 119 Å². The monoisotopic (exact) mass is 524 g/mol. The van der Waals surface area contributed by atoms with Crippen molar-refractivity contribution in [2.45, 2.75) is 50.7 Å². The summed E-state index contributed by atoms with van der Waals surface area (Å²) in [5, 5.41) is 3.42. The number of halogens is 4. The van der Waals surface area contributed by atoms with Crippen LogP contribution in [0.4, 0.5) is 29.1 Å². The number of anilines is 2. The standard InChI is InChI=1S/C23H24F4N6O2S/c1-10-14(24)7-13-19(29)20(36-22(13)30-10)21(34)31-12-3-4-16-11(6-12)2-5-18(32-16)33-8-15(28)17(9-33)35-23(25,26)27/h2,5,7,12,15,17H,3-4,6,8-9,28-29H2,1H3,(H,31,34). The lowest BCUT2D eigenvalue weighted by molar-refractivity contribution is -0.341. The van der Waals surface area contributed by atoms with Gasteiger partial charge < -0.3 is 21.7 Å². The number of ether oxygens (including phenoxy) is 1. The van der Waals surface area contributed by atoms with Gasteiger partial charge in [-0.25, -0.2) is 14.4 Å². The summed E-state index contributed by atoms with van der Waals surface area (Å²) in [7, 11) is 0. The molecule has 8 nitrogen and oxygen atoms in total. The second kappa shape index (κ2) is 9.12. The van der Waals surface area contributed by atoms with Crippen molar-refractivity contribution in [3.05, 3.63) is 45.8 Å². The molecule has 3 aromatic heterocycles. The third-order valence-electron chi connectivity index (χ3n) is 6.56. The summed E-state index contributed by atoms with van der Waals surface area (Å²) in [6.45, 7) is 1.76. The van der Waals surface area contributed by atoms with E-state index in [1.54, 1.807) is 17.9 Å². The molecule has 192 valence electrons. The first kappa shape index (κ1) is 24.7. The van der Waals surface area contributed by atoms with Crippen molar-refractivity contribution in [1.29, 1.82) is 0 Å². The number of nitrogens with two attached hydrogens (primary N) is 2. The van der Waals surface area contributed by atoms with Crippen molar-refractivity contribution < 1.29 is 27.1 Å². The van der Waals surface area contributed by atoms with E-state index in [1.165, 1.54) is 6.07 Å². The number of alkyl halides is 3. The van der Waals surface area contributed by atoms with Crippen LogP contribution in [0.25, 0.3) is 10.2 Å². The lowest BCUT2D eigenvalue weighted by atomic mass is 9.91. The predicted octanol–water partition coefficient (Wildman–Crippen LogP) is 3.06. The normalized spacial score (nSPS) is 22.2. The second-order valence-electron chi connectivity index (χ2n) is 9.11. The average molecular weight is 525 g/mol. The molecule has 0 radical (unpaired) electrons. The van der Waals surface area contributed by atoms with E-state index >= 15 is 0 Å². The molecule has 36 heavy (non-hydrogen) atoms. The Morgan fingerprint density at radius 3 is 2.81 bits per heavy atom. The van der Waals surface area contributed by atoms with E-state index in [9.17, 15) is 22.4 Å². The van der Waals surface area contributed by atoms with E-state index in [0.29, 0.717) is 40.2 Å². The zero-order valence-corrected chi connectivity index (χ0v) is 20.0. The Kier molecular flexibility index (Phi) is 6.25. The van der Waals surface area contributed by atoms with E-state index in [4.69, 9.17) is 11.5 Å². The van der Waals surface area contributed by atoms with Crippen molar-refractivity contribution in [3.63, 3.8) is 0 Å². The molecule has 3 atom stereocenters. The molecule has 1 fully saturated rings. The van der Waals surface area contributed by atoms with Crippen LogP contribution in [0.5, 0.6) is 0 Å². The van der Waals surface area contributed by atoms with Crippen LogP contribution in [0.1, 0.15) is 33.0 Å². The number of hydrogen-bond acceptors (Lipinski definition) is 8. The van der Waals surface area contributed by atoms with Gasteiger partial charge in [-0.1, -0.05) is 6.07 Å². The van der Waals surface area contributed by atoms with E-state index in [2.05, 4.69) is 20.0 Å². The Morgan fingerprint density at radius 2 is 2.06 bits per heavy atom. The molecule has 4 heterocycles. The van der Waals surface area contributed by atoms with Crippen molar-refractivity contribution in [2.24, 2.45) is 5.73 Å². The Hall–Kier alpha value is -3.03. The highest BCUT2D eigenvalue weighted by molar-refractivity contribution is 7.21. The first-order chi connectivity index (χ1) is 17.0. The van der Waals surface area contributed by atoms with Gasteiger partial charge in [-0.15, -0.1) is 24.5 Å². The Morgan fingerprint density at radius 1 is 1.28 bits per heavy atom. The average Bonchev–Trinajstić information content (AvgIpc) is 3.32. The number of amides is 1. The molecule has 13 heteroatoms. The highest BCUT2D eigenvalue weighted by atomic mass is 32.1. The summed E-state index contributed by atoms with van der Waals surface area (Å²) in [5.41, 5.74) is 14.2. The van der Waals surface area contributed by atoms with E-state index < -0.39 is 24.3 Å². The number of rotatable bonds is 4. The molecule has 1 saturated heterocycles. The van der Waals surface area contributed by atoms with Crippen molar-refractivity contribution in [3.8, 4) is 0 Å². The number of aromatic nitrogens is 2. The molecule has 1 amide bonds. The number of fused-ring (bicyclic) bond motifs is 2. The zero-order valence-electron chi connectivity index (χ0n) is 19.2. The number of nitrogen functional groups attached to an aromatic ring is 1. The second-order valence-corrected chi connectivity index (χ2v) is 10.1. The molecule has 1 aliphatic carbocycles. The minimum Gasteiger partial charge on any atom is -0.397 e. The molecule has 0 saturated carbocycles. The van der Waals surface area contributed by atoms with Gasteiger partial charge in [0.05, 0.1) is 17.4 Å². The zero-order chi connectivity index (χ0) is 25.8. The lowest BCUT2D eigenvalue weighted by Crippen LogP contribution is -2.39. The van der Waals surface area contributed by atoms with Gasteiger partial charge in [0.25, 0.3) is 5.91 Å². The van der Waals surface area contributed by atoms with E-state index in [0.717, 1.165) is 22.6 Å². The minimum atomic E-state index is -4.74. The van der Waals surface area contributed by atoms with Gasteiger partial charge >= 0.3 is 6.36 Å². The fourth-order valence-electron chi connectivity index (χ4n) is 4.70. The number of nitrogens with one attached hydrogen (secondary N) is 1. The smallest absolute Gasteiger partial charge is 0.397 e. The molecule has 3 unspecified atom stereocenters. The first-order valence-electron chi connectivity index (χ1n) is 11.4. The quantitative estimate of drug-likeness (QED) is 0.449. The molecule has 0 bridgehead atoms. The predicted molar refractivity (Wildman–Crippen MR) is 127 cm³/mol. The molecule has 3 aromatic rings. The van der Waals surface area contributed by atoms with Gasteiger partial charge in [-0.3, -0.25) is 9.53 Å². The van der Waals surface area contributed by atoms with Crippen LogP contribution >= 0.6 is 11.3 Å². The molecule has 5 rings (SSSR count).